The minimum absolute atomic E-state index is 0.00719. The summed E-state index contributed by atoms with van der Waals surface area (Å²) in [6.45, 7) is 22.3. The van der Waals surface area contributed by atoms with E-state index in [2.05, 4.69) is 58.3 Å². The monoisotopic (exact) mass is 600 g/mol. The molecule has 5 nitrogen and oxygen atoms in total. The minimum atomic E-state index is -2.84. The Morgan fingerprint density at radius 2 is 1.69 bits per heavy atom. The molecule has 0 aromatic rings. The second kappa shape index (κ2) is 9.55. The highest BCUT2D eigenvalue weighted by Crippen LogP contribution is 2.76. The van der Waals surface area contributed by atoms with Crippen LogP contribution in [0.25, 0.3) is 0 Å². The van der Waals surface area contributed by atoms with Gasteiger partial charge in [-0.1, -0.05) is 46.8 Å². The SMILES string of the molecule is C=C(C)[C@@H]1CC[C@]2(NCCN3C[C@@H]4CC3CS4(=O)=O)CC[C@]3(C)[C@H](CC[C@@H]4[C@@]5(C)CC[C@H](O)C(C)(C)[C@@H]5CC[C@]43C)[C@@H]12. The maximum Gasteiger partial charge on any atom is 0.156 e. The first-order valence-electron chi connectivity index (χ1n) is 17.6. The molecule has 238 valence electrons. The Morgan fingerprint density at radius 3 is 2.36 bits per heavy atom. The molecule has 2 heterocycles. The zero-order chi connectivity index (χ0) is 30.1. The number of allylic oxidation sites excluding steroid dienone is 1. The second-order valence-corrected chi connectivity index (χ2v) is 20.3. The van der Waals surface area contributed by atoms with Crippen LogP contribution < -0.4 is 5.32 Å². The van der Waals surface area contributed by atoms with Crippen LogP contribution in [0.4, 0.5) is 0 Å². The number of hydrogen-bond acceptors (Lipinski definition) is 5. The van der Waals surface area contributed by atoms with E-state index in [-0.39, 0.29) is 28.3 Å². The molecule has 2 bridgehead atoms. The van der Waals surface area contributed by atoms with Gasteiger partial charge in [0.25, 0.3) is 0 Å². The lowest BCUT2D eigenvalue weighted by Crippen LogP contribution is -2.69. The van der Waals surface area contributed by atoms with Crippen LogP contribution in [0.15, 0.2) is 12.2 Å². The molecule has 2 saturated heterocycles. The van der Waals surface area contributed by atoms with Crippen LogP contribution >= 0.6 is 0 Å². The van der Waals surface area contributed by atoms with Gasteiger partial charge in [0.05, 0.1) is 17.1 Å². The molecule has 0 radical (unpaired) electrons. The molecule has 0 aromatic carbocycles. The molecular formula is C36H60N2O3S. The lowest BCUT2D eigenvalue weighted by atomic mass is 9.32. The summed E-state index contributed by atoms with van der Waals surface area (Å²) in [6, 6.07) is 0.245. The third-order valence-electron chi connectivity index (χ3n) is 16.3. The van der Waals surface area contributed by atoms with Gasteiger partial charge >= 0.3 is 0 Å². The minimum Gasteiger partial charge on any atom is -0.393 e. The van der Waals surface area contributed by atoms with Crippen LogP contribution in [0.2, 0.25) is 0 Å². The van der Waals surface area contributed by atoms with Crippen molar-refractivity contribution in [2.24, 2.45) is 51.2 Å². The molecule has 42 heavy (non-hydrogen) atoms. The van der Waals surface area contributed by atoms with Gasteiger partial charge in [0.15, 0.2) is 9.84 Å². The maximum atomic E-state index is 12.3. The van der Waals surface area contributed by atoms with Crippen molar-refractivity contribution < 1.29 is 13.5 Å². The molecule has 7 aliphatic rings. The summed E-state index contributed by atoms with van der Waals surface area (Å²) in [5, 5.41) is 15.2. The predicted octanol–water partition coefficient (Wildman–Crippen LogP) is 6.22. The van der Waals surface area contributed by atoms with E-state index in [0.717, 1.165) is 44.3 Å². The number of nitrogens with zero attached hydrogens (tertiary/aromatic N) is 1. The van der Waals surface area contributed by atoms with Crippen molar-refractivity contribution in [2.75, 3.05) is 25.4 Å². The van der Waals surface area contributed by atoms with Crippen molar-refractivity contribution >= 4 is 9.84 Å². The molecule has 0 aromatic heterocycles. The molecule has 0 amide bonds. The number of aliphatic hydroxyl groups is 1. The highest BCUT2D eigenvalue weighted by molar-refractivity contribution is 7.92. The van der Waals surface area contributed by atoms with Crippen molar-refractivity contribution in [2.45, 2.75) is 135 Å². The molecule has 1 unspecified atom stereocenters. The molecular weight excluding hydrogens is 540 g/mol. The first-order valence-corrected chi connectivity index (χ1v) is 19.3. The fourth-order valence-electron chi connectivity index (χ4n) is 13.9. The highest BCUT2D eigenvalue weighted by Gasteiger charge is 2.70. The number of fused-ring (bicyclic) bond motifs is 9. The van der Waals surface area contributed by atoms with Crippen LogP contribution in [0.1, 0.15) is 112 Å². The summed E-state index contributed by atoms with van der Waals surface area (Å²) >= 11 is 0. The van der Waals surface area contributed by atoms with E-state index in [4.69, 9.17) is 0 Å². The molecule has 7 fully saturated rings. The third-order valence-corrected chi connectivity index (χ3v) is 18.6. The van der Waals surface area contributed by atoms with Gasteiger partial charge < -0.3 is 10.4 Å². The van der Waals surface area contributed by atoms with E-state index >= 15 is 0 Å². The molecule has 2 aliphatic heterocycles. The van der Waals surface area contributed by atoms with Crippen molar-refractivity contribution in [3.8, 4) is 0 Å². The third kappa shape index (κ3) is 3.92. The Morgan fingerprint density at radius 1 is 0.929 bits per heavy atom. The zero-order valence-corrected chi connectivity index (χ0v) is 28.4. The largest absolute Gasteiger partial charge is 0.393 e. The Hall–Kier alpha value is -0.430. The normalized spacial score (nSPS) is 54.1. The number of likely N-dealkylation sites (tertiary alicyclic amines) is 1. The van der Waals surface area contributed by atoms with Gasteiger partial charge in [0.1, 0.15) is 0 Å². The van der Waals surface area contributed by atoms with E-state index in [1.165, 1.54) is 63.4 Å². The predicted molar refractivity (Wildman–Crippen MR) is 171 cm³/mol. The quantitative estimate of drug-likeness (QED) is 0.367. The topological polar surface area (TPSA) is 69.6 Å². The van der Waals surface area contributed by atoms with Gasteiger partial charge in [-0.05, 0) is 129 Å². The summed E-state index contributed by atoms with van der Waals surface area (Å²) < 4.78 is 24.6. The van der Waals surface area contributed by atoms with E-state index in [1.54, 1.807) is 0 Å². The van der Waals surface area contributed by atoms with Crippen LogP contribution in [0.3, 0.4) is 0 Å². The molecule has 5 saturated carbocycles. The Kier molecular flexibility index (Phi) is 6.87. The van der Waals surface area contributed by atoms with Crippen LogP contribution in [0.5, 0.6) is 0 Å². The summed E-state index contributed by atoms with van der Waals surface area (Å²) in [5.41, 5.74) is 2.59. The lowest BCUT2D eigenvalue weighted by molar-refractivity contribution is -0.243. The molecule has 12 atom stereocenters. The van der Waals surface area contributed by atoms with Crippen molar-refractivity contribution in [1.29, 1.82) is 0 Å². The summed E-state index contributed by atoms with van der Waals surface area (Å²) in [6.07, 6.45) is 13.2. The number of aliphatic hydroxyl groups excluding tert-OH is 1. The first kappa shape index (κ1) is 30.2. The summed E-state index contributed by atoms with van der Waals surface area (Å²) in [5.74, 6) is 3.70. The average molecular weight is 601 g/mol. The molecule has 6 heteroatoms. The fourth-order valence-corrected chi connectivity index (χ4v) is 16.0. The van der Waals surface area contributed by atoms with Crippen molar-refractivity contribution in [1.82, 2.24) is 10.2 Å². The van der Waals surface area contributed by atoms with Gasteiger partial charge in [-0.3, -0.25) is 4.90 Å². The van der Waals surface area contributed by atoms with Gasteiger partial charge in [0.2, 0.25) is 0 Å². The average Bonchev–Trinajstić information content (AvgIpc) is 3.57. The van der Waals surface area contributed by atoms with E-state index in [9.17, 15) is 13.5 Å². The number of hydrogen-bond donors (Lipinski definition) is 2. The van der Waals surface area contributed by atoms with E-state index in [1.807, 2.05) is 0 Å². The van der Waals surface area contributed by atoms with E-state index < -0.39 is 9.84 Å². The Labute approximate surface area is 257 Å². The van der Waals surface area contributed by atoms with Crippen molar-refractivity contribution in [3.05, 3.63) is 12.2 Å². The smallest absolute Gasteiger partial charge is 0.156 e. The molecule has 2 N–H and O–H groups in total. The van der Waals surface area contributed by atoms with Gasteiger partial charge in [-0.2, -0.15) is 0 Å². The van der Waals surface area contributed by atoms with Crippen molar-refractivity contribution in [3.63, 3.8) is 0 Å². The van der Waals surface area contributed by atoms with Gasteiger partial charge in [-0.25, -0.2) is 8.42 Å². The van der Waals surface area contributed by atoms with E-state index in [0.29, 0.717) is 39.8 Å². The highest BCUT2D eigenvalue weighted by atomic mass is 32.2. The number of nitrogens with one attached hydrogen (secondary N) is 1. The Bertz CT molecular complexity index is 1230. The number of rotatable bonds is 5. The van der Waals surface area contributed by atoms with Gasteiger partial charge in [-0.15, -0.1) is 0 Å². The number of sulfone groups is 1. The molecule has 0 spiro atoms. The van der Waals surface area contributed by atoms with Crippen LogP contribution in [-0.4, -0.2) is 66.7 Å². The standard InChI is InChI=1S/C36H60N2O3S/c1-23(2)26-10-15-36(37-18-19-38-21-25-20-24(38)22-42(25,40)41)17-16-34(6)27(31(26)36)8-9-29-33(5)13-12-30(39)32(3,4)28(33)11-14-35(29,34)7/h24-31,37,39H,1,8-22H2,2-7H3/t24?,25-,26-,27+,28-,29+,30-,31+,33-,34+,35+,36-/m0/s1. The maximum absolute atomic E-state index is 12.3. The fraction of sp³-hybridized carbons (Fsp3) is 0.944. The zero-order valence-electron chi connectivity index (χ0n) is 27.6. The van der Waals surface area contributed by atoms with Crippen LogP contribution in [0, 0.1) is 51.2 Å². The van der Waals surface area contributed by atoms with Crippen LogP contribution in [-0.2, 0) is 9.84 Å². The Balaban J connectivity index is 1.14. The molecule has 7 rings (SSSR count). The lowest BCUT2D eigenvalue weighted by Gasteiger charge is -2.73. The summed E-state index contributed by atoms with van der Waals surface area (Å²) in [4.78, 5) is 2.47. The summed E-state index contributed by atoms with van der Waals surface area (Å²) in [7, 11) is -2.84. The van der Waals surface area contributed by atoms with Gasteiger partial charge in [0, 0.05) is 31.2 Å². The first-order chi connectivity index (χ1) is 19.6. The second-order valence-electron chi connectivity index (χ2n) is 18.0. The molecule has 5 aliphatic carbocycles.